The van der Waals surface area contributed by atoms with Crippen LogP contribution >= 0.6 is 12.6 Å². The molecular weight excluding hydrogens is 248 g/mol. The van der Waals surface area contributed by atoms with E-state index in [-0.39, 0.29) is 0 Å². The molecule has 0 fully saturated rings. The minimum atomic E-state index is -2.29. The predicted molar refractivity (Wildman–Crippen MR) is 71.6 cm³/mol. The SMILES string of the molecule is CCO[SiH3].CO[Si](CCCS)(OC)OC. The van der Waals surface area contributed by atoms with Crippen molar-refractivity contribution in [3.63, 3.8) is 0 Å². The molecule has 94 valence electrons. The lowest BCUT2D eigenvalue weighted by Crippen LogP contribution is -2.42. The Balaban J connectivity index is 0. The van der Waals surface area contributed by atoms with Crippen molar-refractivity contribution >= 4 is 31.9 Å². The van der Waals surface area contributed by atoms with Gasteiger partial charge in [-0.2, -0.15) is 12.6 Å². The molecule has 0 aromatic carbocycles. The maximum atomic E-state index is 5.20. The van der Waals surface area contributed by atoms with Gasteiger partial charge >= 0.3 is 8.80 Å². The summed E-state index contributed by atoms with van der Waals surface area (Å²) in [5.74, 6) is 0.838. The van der Waals surface area contributed by atoms with E-state index in [4.69, 9.17) is 13.3 Å². The highest BCUT2D eigenvalue weighted by molar-refractivity contribution is 7.80. The van der Waals surface area contributed by atoms with Crippen molar-refractivity contribution in [3.8, 4) is 0 Å². The van der Waals surface area contributed by atoms with E-state index in [0.29, 0.717) is 0 Å². The molecule has 0 aromatic heterocycles. The van der Waals surface area contributed by atoms with Crippen LogP contribution < -0.4 is 0 Å². The first-order chi connectivity index (χ1) is 7.16. The third-order valence-corrected chi connectivity index (χ3v) is 5.59. The molecule has 0 aliphatic carbocycles. The molecule has 0 saturated carbocycles. The predicted octanol–water partition coefficient (Wildman–Crippen LogP) is 0.488. The Morgan fingerprint density at radius 1 is 1.13 bits per heavy atom. The van der Waals surface area contributed by atoms with Crippen LogP contribution in [0.4, 0.5) is 0 Å². The van der Waals surface area contributed by atoms with Gasteiger partial charge in [0.1, 0.15) is 10.5 Å². The Morgan fingerprint density at radius 3 is 1.73 bits per heavy atom. The van der Waals surface area contributed by atoms with Crippen molar-refractivity contribution in [2.75, 3.05) is 33.7 Å². The molecule has 0 heterocycles. The van der Waals surface area contributed by atoms with E-state index in [9.17, 15) is 0 Å². The summed E-state index contributed by atoms with van der Waals surface area (Å²) in [6.45, 7) is 2.87. The summed E-state index contributed by atoms with van der Waals surface area (Å²) in [7, 11) is 3.47. The van der Waals surface area contributed by atoms with Crippen LogP contribution in [-0.2, 0) is 17.7 Å². The van der Waals surface area contributed by atoms with Crippen LogP contribution in [0.2, 0.25) is 6.04 Å². The zero-order valence-corrected chi connectivity index (χ0v) is 14.3. The van der Waals surface area contributed by atoms with Crippen LogP contribution in [0.3, 0.4) is 0 Å². The van der Waals surface area contributed by atoms with Gasteiger partial charge in [0.15, 0.2) is 0 Å². The van der Waals surface area contributed by atoms with Crippen molar-refractivity contribution in [2.24, 2.45) is 0 Å². The van der Waals surface area contributed by atoms with Gasteiger partial charge in [-0.05, 0) is 19.1 Å². The van der Waals surface area contributed by atoms with E-state index in [0.717, 1.165) is 35.3 Å². The molecule has 0 aliphatic rings. The van der Waals surface area contributed by atoms with Crippen LogP contribution in [0.15, 0.2) is 0 Å². The lowest BCUT2D eigenvalue weighted by atomic mass is 10.6. The Bertz CT molecular complexity index is 115. The monoisotopic (exact) mass is 272 g/mol. The molecule has 0 amide bonds. The standard InChI is InChI=1S/C6H16O3SSi.C2H8OSi/c1-7-11(8-2,9-3)6-4-5-10;1-2-3-4/h10H,4-6H2,1-3H3;2H2,1,4H3. The molecule has 0 spiro atoms. The Labute approximate surface area is 103 Å². The fraction of sp³-hybridized carbons (Fsp3) is 1.00. The van der Waals surface area contributed by atoms with E-state index < -0.39 is 8.80 Å². The Kier molecular flexibility index (Phi) is 15.2. The molecular formula is C8H24O4SSi2. The summed E-state index contributed by atoms with van der Waals surface area (Å²) in [6.07, 6.45) is 0.963. The summed E-state index contributed by atoms with van der Waals surface area (Å²) < 4.78 is 20.3. The maximum Gasteiger partial charge on any atom is 0.500 e. The lowest BCUT2D eigenvalue weighted by molar-refractivity contribution is 0.123. The highest BCUT2D eigenvalue weighted by Crippen LogP contribution is 2.14. The third kappa shape index (κ3) is 9.55. The quantitative estimate of drug-likeness (QED) is 0.541. The molecule has 0 N–H and O–H groups in total. The highest BCUT2D eigenvalue weighted by atomic mass is 32.1. The molecule has 0 aliphatic heterocycles. The first-order valence-electron chi connectivity index (χ1n) is 4.91. The summed E-state index contributed by atoms with van der Waals surface area (Å²) in [6, 6.07) is 0.833. The number of hydrogen-bond acceptors (Lipinski definition) is 5. The molecule has 15 heavy (non-hydrogen) atoms. The van der Waals surface area contributed by atoms with E-state index in [1.54, 1.807) is 21.3 Å². The summed E-state index contributed by atoms with van der Waals surface area (Å²) >= 11 is 4.10. The molecule has 0 bridgehead atoms. The normalized spacial score (nSPS) is 11.0. The molecule has 0 radical (unpaired) electrons. The first kappa shape index (κ1) is 18.0. The Hall–Kier alpha value is 0.624. The number of thiol groups is 1. The average Bonchev–Trinajstić information content (AvgIpc) is 2.32. The van der Waals surface area contributed by atoms with Crippen LogP contribution in [0.25, 0.3) is 0 Å². The minimum Gasteiger partial charge on any atom is -0.428 e. The second-order valence-corrected chi connectivity index (χ2v) is 6.82. The van der Waals surface area contributed by atoms with Crippen LogP contribution in [0.1, 0.15) is 13.3 Å². The number of hydrogen-bond donors (Lipinski definition) is 1. The van der Waals surface area contributed by atoms with Gasteiger partial charge in [-0.3, -0.25) is 0 Å². The molecule has 4 nitrogen and oxygen atoms in total. The van der Waals surface area contributed by atoms with Crippen molar-refractivity contribution in [1.29, 1.82) is 0 Å². The van der Waals surface area contributed by atoms with Crippen molar-refractivity contribution in [3.05, 3.63) is 0 Å². The fourth-order valence-corrected chi connectivity index (χ4v) is 3.03. The van der Waals surface area contributed by atoms with Crippen molar-refractivity contribution < 1.29 is 17.7 Å². The molecule has 0 unspecified atom stereocenters. The average molecular weight is 273 g/mol. The van der Waals surface area contributed by atoms with E-state index in [2.05, 4.69) is 17.1 Å². The minimum absolute atomic E-state index is 0.833. The fourth-order valence-electron chi connectivity index (χ4n) is 0.852. The summed E-state index contributed by atoms with van der Waals surface area (Å²) in [5, 5.41) is 0. The number of rotatable bonds is 7. The van der Waals surface area contributed by atoms with E-state index in [1.165, 1.54) is 0 Å². The van der Waals surface area contributed by atoms with Crippen LogP contribution in [0, 0.1) is 0 Å². The second kappa shape index (κ2) is 12.7. The van der Waals surface area contributed by atoms with Gasteiger partial charge in [0.2, 0.25) is 0 Å². The van der Waals surface area contributed by atoms with Gasteiger partial charge in [-0.15, -0.1) is 0 Å². The molecule has 0 saturated heterocycles. The van der Waals surface area contributed by atoms with Crippen molar-refractivity contribution in [1.82, 2.24) is 0 Å². The van der Waals surface area contributed by atoms with Crippen LogP contribution in [-0.4, -0.2) is 53.0 Å². The van der Waals surface area contributed by atoms with Gasteiger partial charge < -0.3 is 17.7 Å². The van der Waals surface area contributed by atoms with Crippen LogP contribution in [0.5, 0.6) is 0 Å². The second-order valence-electron chi connectivity index (χ2n) is 2.70. The molecule has 7 heteroatoms. The molecule has 0 aromatic rings. The van der Waals surface area contributed by atoms with Gasteiger partial charge in [0.05, 0.1) is 0 Å². The third-order valence-electron chi connectivity index (χ3n) is 1.86. The maximum absolute atomic E-state index is 5.20. The smallest absolute Gasteiger partial charge is 0.428 e. The van der Waals surface area contributed by atoms with Gasteiger partial charge in [-0.1, -0.05) is 0 Å². The van der Waals surface area contributed by atoms with E-state index in [1.807, 2.05) is 6.92 Å². The topological polar surface area (TPSA) is 36.9 Å². The lowest BCUT2D eigenvalue weighted by Gasteiger charge is -2.23. The van der Waals surface area contributed by atoms with Crippen molar-refractivity contribution in [2.45, 2.75) is 19.4 Å². The molecule has 0 rings (SSSR count). The first-order valence-corrected chi connectivity index (χ1v) is 8.29. The zero-order valence-electron chi connectivity index (χ0n) is 10.4. The summed E-state index contributed by atoms with van der Waals surface area (Å²) in [4.78, 5) is 0. The van der Waals surface area contributed by atoms with Gasteiger partial charge in [0.25, 0.3) is 0 Å². The summed E-state index contributed by atoms with van der Waals surface area (Å²) in [5.41, 5.74) is 0. The highest BCUT2D eigenvalue weighted by Gasteiger charge is 2.36. The Morgan fingerprint density at radius 2 is 1.53 bits per heavy atom. The van der Waals surface area contributed by atoms with E-state index >= 15 is 0 Å². The zero-order chi connectivity index (χ0) is 12.2. The van der Waals surface area contributed by atoms with Gasteiger partial charge in [-0.25, -0.2) is 0 Å². The largest absolute Gasteiger partial charge is 0.500 e. The van der Waals surface area contributed by atoms with Gasteiger partial charge in [0, 0.05) is 34.0 Å². The molecule has 0 atom stereocenters.